The summed E-state index contributed by atoms with van der Waals surface area (Å²) in [5.74, 6) is 0.0404. The third-order valence-electron chi connectivity index (χ3n) is 6.30. The van der Waals surface area contributed by atoms with Gasteiger partial charge in [0.05, 0.1) is 12.2 Å². The minimum absolute atomic E-state index is 0.0687. The zero-order valence-corrected chi connectivity index (χ0v) is 21.0. The Morgan fingerprint density at radius 1 is 1.17 bits per heavy atom. The van der Waals surface area contributed by atoms with E-state index in [1.807, 2.05) is 56.3 Å². The summed E-state index contributed by atoms with van der Waals surface area (Å²) in [5.41, 5.74) is 5.70. The van der Waals surface area contributed by atoms with Crippen LogP contribution in [-0.4, -0.2) is 44.0 Å². The number of likely N-dealkylation sites (N-methyl/N-ethyl adjacent to an activating group) is 1. The van der Waals surface area contributed by atoms with Crippen LogP contribution in [-0.2, 0) is 22.7 Å². The lowest BCUT2D eigenvalue weighted by atomic mass is 9.97. The quantitative estimate of drug-likeness (QED) is 0.459. The van der Waals surface area contributed by atoms with Crippen LogP contribution in [0.15, 0.2) is 60.3 Å². The molecule has 0 fully saturated rings. The molecule has 0 saturated heterocycles. The number of ether oxygens (including phenoxy) is 1. The van der Waals surface area contributed by atoms with Crippen LogP contribution in [0.2, 0.25) is 0 Å². The van der Waals surface area contributed by atoms with Gasteiger partial charge in [-0.2, -0.15) is 9.71 Å². The van der Waals surface area contributed by atoms with Gasteiger partial charge in [-0.15, -0.1) is 0 Å². The molecule has 9 nitrogen and oxygen atoms in total. The molecular weight excluding hydrogens is 476 g/mol. The molecule has 2 aromatic carbocycles. The fourth-order valence-corrected chi connectivity index (χ4v) is 5.17. The first-order valence-corrected chi connectivity index (χ1v) is 12.6. The molecule has 1 aromatic heterocycles. The number of hydrogen-bond acceptors (Lipinski definition) is 8. The highest BCUT2D eigenvalue weighted by Gasteiger charge is 2.32. The maximum atomic E-state index is 13.3. The van der Waals surface area contributed by atoms with Gasteiger partial charge in [-0.25, -0.2) is 4.98 Å². The predicted molar refractivity (Wildman–Crippen MR) is 139 cm³/mol. The SMILES string of the molecule is CN/C1=C\C(=N)[S+]([O-])Nc2nc(cc(-c3c(C)cccc3C)n2)OC2CN(Cc3ccccc32)C1=O. The lowest BCUT2D eigenvalue weighted by Crippen LogP contribution is -2.42. The summed E-state index contributed by atoms with van der Waals surface area (Å²) in [7, 11) is 1.60. The van der Waals surface area contributed by atoms with E-state index < -0.39 is 17.5 Å². The van der Waals surface area contributed by atoms with Crippen LogP contribution in [0.3, 0.4) is 0 Å². The van der Waals surface area contributed by atoms with Gasteiger partial charge in [0.2, 0.25) is 5.88 Å². The van der Waals surface area contributed by atoms with Crippen LogP contribution in [0.5, 0.6) is 5.88 Å². The number of hydrogen-bond donors (Lipinski definition) is 3. The highest BCUT2D eigenvalue weighted by atomic mass is 32.2. The van der Waals surface area contributed by atoms with E-state index in [0.717, 1.165) is 27.8 Å². The van der Waals surface area contributed by atoms with Crippen molar-refractivity contribution in [1.82, 2.24) is 20.2 Å². The Balaban J connectivity index is 1.67. The Labute approximate surface area is 212 Å². The van der Waals surface area contributed by atoms with Crippen molar-refractivity contribution in [3.05, 3.63) is 82.6 Å². The second-order valence-electron chi connectivity index (χ2n) is 8.72. The van der Waals surface area contributed by atoms with Gasteiger partial charge in [-0.3, -0.25) is 10.2 Å². The van der Waals surface area contributed by atoms with Crippen molar-refractivity contribution in [3.8, 4) is 17.1 Å². The first-order valence-electron chi connectivity index (χ1n) is 11.5. The van der Waals surface area contributed by atoms with Crippen LogP contribution in [0.4, 0.5) is 5.95 Å². The lowest BCUT2D eigenvalue weighted by molar-refractivity contribution is -0.130. The second-order valence-corrected chi connectivity index (χ2v) is 9.90. The molecule has 1 amide bonds. The highest BCUT2D eigenvalue weighted by molar-refractivity contribution is 8.07. The van der Waals surface area contributed by atoms with Crippen LogP contribution < -0.4 is 14.8 Å². The largest absolute Gasteiger partial charge is 0.587 e. The molecule has 3 aromatic rings. The van der Waals surface area contributed by atoms with Crippen molar-refractivity contribution in [1.29, 1.82) is 5.41 Å². The normalized spacial score (nSPS) is 21.0. The standard InChI is InChI=1S/C26H26N6O3S/c1-15-7-6-8-16(2)24(15)19-12-23-30-26(29-19)31-36(34)22(27)11-20(28-3)25(33)32-13-17-9-4-5-10-18(17)21(14-32)35-23/h4-12,21,27-28H,13-14H2,1-3H3,(H,29,30,31)/b20-11-,27-22?. The predicted octanol–water partition coefficient (Wildman–Crippen LogP) is 3.39. The summed E-state index contributed by atoms with van der Waals surface area (Å²) in [6.07, 6.45) is 0.798. The molecule has 184 valence electrons. The lowest BCUT2D eigenvalue weighted by Gasteiger charge is -2.34. The fraction of sp³-hybridized carbons (Fsp3) is 0.231. The fourth-order valence-electron chi connectivity index (χ4n) is 4.57. The van der Waals surface area contributed by atoms with E-state index in [-0.39, 0.29) is 35.0 Å². The molecule has 0 aliphatic carbocycles. The van der Waals surface area contributed by atoms with Crippen molar-refractivity contribution in [2.75, 3.05) is 18.3 Å². The van der Waals surface area contributed by atoms with Crippen LogP contribution >= 0.6 is 0 Å². The van der Waals surface area contributed by atoms with E-state index >= 15 is 0 Å². The van der Waals surface area contributed by atoms with E-state index in [2.05, 4.69) is 20.0 Å². The Bertz CT molecular complexity index is 1370. The van der Waals surface area contributed by atoms with Crippen molar-refractivity contribution in [2.24, 2.45) is 0 Å². The van der Waals surface area contributed by atoms with Crippen LogP contribution in [0.1, 0.15) is 28.4 Å². The molecule has 2 unspecified atom stereocenters. The first-order chi connectivity index (χ1) is 17.3. The monoisotopic (exact) mass is 502 g/mol. The third kappa shape index (κ3) is 4.52. The van der Waals surface area contributed by atoms with Crippen LogP contribution in [0, 0.1) is 19.3 Å². The Kier molecular flexibility index (Phi) is 6.38. The average molecular weight is 503 g/mol. The molecule has 0 saturated carbocycles. The maximum absolute atomic E-state index is 13.3. The van der Waals surface area contributed by atoms with Gasteiger partial charge in [0.15, 0.2) is 0 Å². The van der Waals surface area contributed by atoms with E-state index in [1.54, 1.807) is 18.0 Å². The number of carbonyl (C=O) groups excluding carboxylic acids is 1. The summed E-state index contributed by atoms with van der Waals surface area (Å²) < 4.78 is 22.1. The van der Waals surface area contributed by atoms with Gasteiger partial charge in [-0.1, -0.05) is 42.5 Å². The number of nitrogens with zero attached hydrogens (tertiary/aromatic N) is 3. The number of aryl methyl sites for hydroxylation is 2. The van der Waals surface area contributed by atoms with Crippen molar-refractivity contribution < 1.29 is 14.1 Å². The minimum Gasteiger partial charge on any atom is -0.587 e. The van der Waals surface area contributed by atoms with Crippen LogP contribution in [0.25, 0.3) is 11.3 Å². The molecule has 0 radical (unpaired) electrons. The highest BCUT2D eigenvalue weighted by Crippen LogP contribution is 2.34. The van der Waals surface area contributed by atoms with Gasteiger partial charge in [-0.05, 0) is 36.1 Å². The summed E-state index contributed by atoms with van der Waals surface area (Å²) in [6, 6.07) is 15.6. The first kappa shape index (κ1) is 23.8. The summed E-state index contributed by atoms with van der Waals surface area (Å²) in [4.78, 5) is 24.1. The molecule has 3 N–H and O–H groups in total. The number of carbonyl (C=O) groups is 1. The average Bonchev–Trinajstić information content (AvgIpc) is 2.86. The van der Waals surface area contributed by atoms with E-state index in [9.17, 15) is 9.35 Å². The smallest absolute Gasteiger partial charge is 0.270 e. The topological polar surface area (TPSA) is 126 Å². The molecule has 36 heavy (non-hydrogen) atoms. The number of aromatic nitrogens is 2. The molecule has 10 heteroatoms. The molecule has 2 aliphatic heterocycles. The molecule has 2 aliphatic rings. The second kappa shape index (κ2) is 9.63. The third-order valence-corrected chi connectivity index (χ3v) is 7.18. The Morgan fingerprint density at radius 3 is 2.67 bits per heavy atom. The van der Waals surface area contributed by atoms with Crippen molar-refractivity contribution in [3.63, 3.8) is 0 Å². The van der Waals surface area contributed by atoms with Gasteiger partial charge in [0.25, 0.3) is 16.9 Å². The summed E-state index contributed by atoms with van der Waals surface area (Å²) in [5, 5.41) is 10.9. The van der Waals surface area contributed by atoms with Gasteiger partial charge >= 0.3 is 0 Å². The van der Waals surface area contributed by atoms with Gasteiger partial charge < -0.3 is 19.5 Å². The number of anilines is 1. The number of amides is 1. The Morgan fingerprint density at radius 2 is 1.92 bits per heavy atom. The van der Waals surface area contributed by atoms with E-state index in [1.165, 1.54) is 6.08 Å². The number of fused-ring (bicyclic) bond motifs is 6. The molecule has 2 atom stereocenters. The minimum atomic E-state index is -2.00. The zero-order valence-electron chi connectivity index (χ0n) is 20.2. The van der Waals surface area contributed by atoms with E-state index in [0.29, 0.717) is 12.2 Å². The maximum Gasteiger partial charge on any atom is 0.270 e. The van der Waals surface area contributed by atoms with Crippen molar-refractivity contribution in [2.45, 2.75) is 26.5 Å². The van der Waals surface area contributed by atoms with Gasteiger partial charge in [0, 0.05) is 31.3 Å². The molecule has 4 bridgehead atoms. The Hall–Kier alpha value is -3.89. The molecule has 3 heterocycles. The summed E-state index contributed by atoms with van der Waals surface area (Å²) >= 11 is -2.00. The van der Waals surface area contributed by atoms with Crippen molar-refractivity contribution >= 4 is 28.3 Å². The summed E-state index contributed by atoms with van der Waals surface area (Å²) in [6.45, 7) is 4.68. The van der Waals surface area contributed by atoms with E-state index in [4.69, 9.17) is 10.1 Å². The molecule has 0 spiro atoms. The number of nitrogens with one attached hydrogen (secondary N) is 3. The zero-order chi connectivity index (χ0) is 25.4. The molecule has 5 rings (SSSR count). The molecular formula is C26H26N6O3S. The number of benzene rings is 2. The van der Waals surface area contributed by atoms with Gasteiger partial charge in [0.1, 0.15) is 23.2 Å². The number of rotatable bonds is 2.